The number of aliphatic carboxylic acids is 4. The minimum Gasteiger partial charge on any atom is -0.480 e. The third-order valence-corrected chi connectivity index (χ3v) is 7.74. The highest BCUT2D eigenvalue weighted by Crippen LogP contribution is 2.37. The molecule has 1 aliphatic carbocycles. The lowest BCUT2D eigenvalue weighted by Gasteiger charge is -2.33. The van der Waals surface area contributed by atoms with E-state index in [0.29, 0.717) is 58.0 Å². The second kappa shape index (κ2) is 15.7. The number of carboxylic acids is 4. The molecule has 1 heterocycles. The van der Waals surface area contributed by atoms with Crippen LogP contribution in [-0.4, -0.2) is 147 Å². The molecule has 0 spiro atoms. The predicted octanol–water partition coefficient (Wildman–Crippen LogP) is -0.793. The lowest BCUT2D eigenvalue weighted by Crippen LogP contribution is -2.52. The first-order valence-corrected chi connectivity index (χ1v) is 14.5. The van der Waals surface area contributed by atoms with Crippen LogP contribution in [0.25, 0.3) is 16.8 Å². The molecule has 244 valence electrons. The summed E-state index contributed by atoms with van der Waals surface area (Å²) in [5.41, 5.74) is 8.77. The molecule has 1 saturated heterocycles. The van der Waals surface area contributed by atoms with Crippen molar-refractivity contribution in [1.29, 1.82) is 0 Å². The molecule has 16 heteroatoms. The largest absolute Gasteiger partial charge is 0.480 e. The van der Waals surface area contributed by atoms with E-state index in [0.717, 1.165) is 21.9 Å². The Labute approximate surface area is 259 Å². The van der Waals surface area contributed by atoms with E-state index in [1.165, 1.54) is 0 Å². The average Bonchev–Trinajstić information content (AvgIpc) is 2.97. The van der Waals surface area contributed by atoms with Crippen LogP contribution in [0.4, 0.5) is 5.69 Å². The Morgan fingerprint density at radius 3 is 1.80 bits per heavy atom. The minimum absolute atomic E-state index is 0.221. The Morgan fingerprint density at radius 2 is 1.29 bits per heavy atom. The number of aliphatic hydroxyl groups excluding tert-OH is 1. The van der Waals surface area contributed by atoms with Crippen molar-refractivity contribution in [2.45, 2.75) is 12.3 Å². The lowest BCUT2D eigenvalue weighted by atomic mass is 9.89. The Balaban J connectivity index is 1.53. The molecule has 0 bridgehead atoms. The summed E-state index contributed by atoms with van der Waals surface area (Å²) in [5.74, 6) is -4.40. The third kappa shape index (κ3) is 9.66. The number of nitrogens with zero attached hydrogens (tertiary/aromatic N) is 4. The molecule has 2 aromatic carbocycles. The van der Waals surface area contributed by atoms with Gasteiger partial charge >= 0.3 is 23.9 Å². The summed E-state index contributed by atoms with van der Waals surface area (Å²) in [5, 5.41) is 53.6. The predicted molar refractivity (Wildman–Crippen MR) is 163 cm³/mol. The zero-order valence-corrected chi connectivity index (χ0v) is 24.6. The molecule has 1 aliphatic heterocycles. The summed E-state index contributed by atoms with van der Waals surface area (Å²) in [6.45, 7) is 1.97. The Morgan fingerprint density at radius 1 is 0.756 bits per heavy atom. The topological polar surface area (TPSA) is 218 Å². The van der Waals surface area contributed by atoms with Crippen molar-refractivity contribution in [3.05, 3.63) is 47.5 Å². The van der Waals surface area contributed by atoms with Gasteiger partial charge in [0.1, 0.15) is 0 Å². The van der Waals surface area contributed by atoms with Crippen LogP contribution in [0.15, 0.2) is 36.4 Å². The van der Waals surface area contributed by atoms with E-state index in [-0.39, 0.29) is 19.6 Å². The molecule has 0 amide bonds. The van der Waals surface area contributed by atoms with Gasteiger partial charge in [-0.1, -0.05) is 36.4 Å². The zero-order chi connectivity index (χ0) is 32.5. The van der Waals surface area contributed by atoms with Crippen molar-refractivity contribution >= 4 is 46.4 Å². The van der Waals surface area contributed by atoms with Gasteiger partial charge in [0.2, 0.25) is 6.23 Å². The van der Waals surface area contributed by atoms with Gasteiger partial charge in [-0.25, -0.2) is 9.80 Å². The van der Waals surface area contributed by atoms with Crippen molar-refractivity contribution < 1.29 is 44.7 Å². The smallest absolute Gasteiger partial charge is 0.347 e. The summed E-state index contributed by atoms with van der Waals surface area (Å²) < 4.78 is 0. The Bertz CT molecular complexity index is 1390. The van der Waals surface area contributed by atoms with Gasteiger partial charge in [-0.2, -0.15) is 5.53 Å². The first kappa shape index (κ1) is 33.7. The van der Waals surface area contributed by atoms with Gasteiger partial charge in [0, 0.05) is 57.9 Å². The zero-order valence-electron chi connectivity index (χ0n) is 24.6. The summed E-state index contributed by atoms with van der Waals surface area (Å²) in [6.07, 6.45) is 1.87. The van der Waals surface area contributed by atoms with Crippen LogP contribution in [0.2, 0.25) is 0 Å². The third-order valence-electron chi connectivity index (χ3n) is 7.74. The maximum Gasteiger partial charge on any atom is 0.347 e. The van der Waals surface area contributed by atoms with Gasteiger partial charge < -0.3 is 31.0 Å². The maximum atomic E-state index is 11.6. The van der Waals surface area contributed by atoms with Crippen molar-refractivity contribution in [2.24, 2.45) is 0 Å². The molecule has 16 nitrogen and oxygen atoms in total. The standard InChI is InChI=1S/C29H39N7O9/c37-24(38)16-33-8-10-34(17-25(39)40)12-14-36(15-13-35(11-9-33)18-26(41)42)32-31-23-6-4-19-2-1-3-20-22(30-28(43)29(44)45)7-5-21(23)27(19)20/h1-7,22,28,30-32,43H,8-18H2,(H,37,38)(H,39,40)(H,41,42)(H,44,45). The quantitative estimate of drug-likeness (QED) is 0.107. The SMILES string of the molecule is O=C(O)CN1CCN(CC(=O)O)CCN(NNc2ccc3cccc4c3c2C=CC4NC(O)C(=O)O)CCN(CC(=O)O)CC1. The highest BCUT2D eigenvalue weighted by atomic mass is 16.4. The summed E-state index contributed by atoms with van der Waals surface area (Å²) in [7, 11) is 0. The number of aliphatic hydroxyl groups is 1. The molecular formula is C29H39N7O9. The number of hydrazine groups is 2. The molecule has 2 unspecified atom stereocenters. The fourth-order valence-electron chi connectivity index (χ4n) is 5.50. The van der Waals surface area contributed by atoms with E-state index in [1.807, 2.05) is 41.4 Å². The highest BCUT2D eigenvalue weighted by molar-refractivity contribution is 6.00. The van der Waals surface area contributed by atoms with E-state index in [4.69, 9.17) is 5.11 Å². The molecule has 2 aliphatic rings. The molecule has 2 atom stereocenters. The minimum atomic E-state index is -1.74. The average molecular weight is 630 g/mol. The Kier molecular flexibility index (Phi) is 11.8. The molecule has 2 aromatic rings. The van der Waals surface area contributed by atoms with Crippen molar-refractivity contribution in [3.8, 4) is 0 Å². The van der Waals surface area contributed by atoms with Gasteiger partial charge in [-0.15, -0.1) is 0 Å². The number of rotatable bonds is 12. The van der Waals surface area contributed by atoms with Crippen molar-refractivity contribution in [2.75, 3.05) is 77.4 Å². The normalized spacial score (nSPS) is 19.8. The van der Waals surface area contributed by atoms with Crippen LogP contribution in [0.3, 0.4) is 0 Å². The van der Waals surface area contributed by atoms with Crippen LogP contribution in [0.5, 0.6) is 0 Å². The maximum absolute atomic E-state index is 11.6. The van der Waals surface area contributed by atoms with Crippen LogP contribution < -0.4 is 16.3 Å². The molecule has 45 heavy (non-hydrogen) atoms. The summed E-state index contributed by atoms with van der Waals surface area (Å²) in [4.78, 5) is 50.9. The Hall–Kier alpha value is -4.16. The second-order valence-electron chi connectivity index (χ2n) is 10.9. The number of nitrogens with one attached hydrogen (secondary N) is 3. The van der Waals surface area contributed by atoms with Crippen LogP contribution in [0.1, 0.15) is 17.2 Å². The van der Waals surface area contributed by atoms with E-state index in [2.05, 4.69) is 16.3 Å². The van der Waals surface area contributed by atoms with E-state index in [1.54, 1.807) is 20.8 Å². The number of carbonyl (C=O) groups is 4. The molecule has 8 N–H and O–H groups in total. The van der Waals surface area contributed by atoms with Crippen molar-refractivity contribution in [3.63, 3.8) is 0 Å². The molecule has 1 fully saturated rings. The van der Waals surface area contributed by atoms with Crippen molar-refractivity contribution in [1.82, 2.24) is 30.6 Å². The lowest BCUT2D eigenvalue weighted by molar-refractivity contribution is -0.148. The second-order valence-corrected chi connectivity index (χ2v) is 10.9. The van der Waals surface area contributed by atoms with E-state index < -0.39 is 36.1 Å². The number of anilines is 1. The van der Waals surface area contributed by atoms with Crippen LogP contribution >= 0.6 is 0 Å². The van der Waals surface area contributed by atoms with Gasteiger partial charge in [0.25, 0.3) is 0 Å². The monoisotopic (exact) mass is 629 g/mol. The van der Waals surface area contributed by atoms with Gasteiger partial charge in [0.05, 0.1) is 31.4 Å². The summed E-state index contributed by atoms with van der Waals surface area (Å²) >= 11 is 0. The van der Waals surface area contributed by atoms with Crippen LogP contribution in [-0.2, 0) is 19.2 Å². The highest BCUT2D eigenvalue weighted by Gasteiger charge is 2.25. The first-order valence-electron chi connectivity index (χ1n) is 14.5. The molecule has 0 aromatic heterocycles. The van der Waals surface area contributed by atoms with Gasteiger partial charge in [0.15, 0.2) is 0 Å². The molecular weight excluding hydrogens is 590 g/mol. The van der Waals surface area contributed by atoms with E-state index >= 15 is 0 Å². The van der Waals surface area contributed by atoms with Gasteiger partial charge in [-0.05, 0) is 22.4 Å². The van der Waals surface area contributed by atoms with E-state index in [9.17, 15) is 39.6 Å². The summed E-state index contributed by atoms with van der Waals surface area (Å²) in [6, 6.07) is 8.93. The first-order chi connectivity index (χ1) is 21.5. The number of benzene rings is 2. The number of carboxylic acid groups (broad SMARTS) is 4. The molecule has 4 rings (SSSR count). The van der Waals surface area contributed by atoms with Crippen LogP contribution in [0, 0.1) is 0 Å². The number of hydrogen-bond donors (Lipinski definition) is 8. The molecule has 0 radical (unpaired) electrons. The van der Waals surface area contributed by atoms with Gasteiger partial charge in [-0.3, -0.25) is 34.4 Å². The number of hydrogen-bond acceptors (Lipinski definition) is 12. The fourth-order valence-corrected chi connectivity index (χ4v) is 5.50. The fraction of sp³-hybridized carbons (Fsp3) is 0.448. The molecule has 0 saturated carbocycles.